The lowest BCUT2D eigenvalue weighted by atomic mass is 9.78. The summed E-state index contributed by atoms with van der Waals surface area (Å²) in [4.78, 5) is 12.9. The first-order valence-corrected chi connectivity index (χ1v) is 8.22. The van der Waals surface area contributed by atoms with Crippen LogP contribution >= 0.6 is 0 Å². The quantitative estimate of drug-likeness (QED) is 0.799. The summed E-state index contributed by atoms with van der Waals surface area (Å²) < 4.78 is 5.96. The van der Waals surface area contributed by atoms with Gasteiger partial charge in [-0.25, -0.2) is 0 Å². The molecule has 0 atom stereocenters. The molecular weight excluding hydrogens is 260 g/mol. The van der Waals surface area contributed by atoms with Gasteiger partial charge in [-0.05, 0) is 57.2 Å². The van der Waals surface area contributed by atoms with Crippen molar-refractivity contribution >= 4 is 5.78 Å². The van der Waals surface area contributed by atoms with Crippen LogP contribution in [-0.4, -0.2) is 18.0 Å². The Kier molecular flexibility index (Phi) is 5.21. The number of hydrogen-bond donors (Lipinski definition) is 0. The Morgan fingerprint density at radius 3 is 2.19 bits per heavy atom. The van der Waals surface area contributed by atoms with Gasteiger partial charge in [-0.2, -0.15) is 0 Å². The molecule has 0 aliphatic heterocycles. The fraction of sp³-hybridized carbons (Fsp3) is 0.632. The third-order valence-corrected chi connectivity index (χ3v) is 4.77. The highest BCUT2D eigenvalue weighted by Gasteiger charge is 2.39. The molecule has 0 bridgehead atoms. The zero-order chi connectivity index (χ0) is 15.5. The van der Waals surface area contributed by atoms with Crippen molar-refractivity contribution in [1.29, 1.82) is 0 Å². The Morgan fingerprint density at radius 2 is 1.67 bits per heavy atom. The van der Waals surface area contributed by atoms with Gasteiger partial charge in [0.15, 0.2) is 5.78 Å². The number of Topliss-reactive ketones (excluding diaryl/α,β-unsaturated/α-hetero) is 1. The van der Waals surface area contributed by atoms with E-state index in [2.05, 4.69) is 32.9 Å². The molecule has 1 saturated carbocycles. The van der Waals surface area contributed by atoms with Gasteiger partial charge in [-0.15, -0.1) is 0 Å². The summed E-state index contributed by atoms with van der Waals surface area (Å²) in [5.41, 5.74) is 4.39. The summed E-state index contributed by atoms with van der Waals surface area (Å²) >= 11 is 0. The van der Waals surface area contributed by atoms with E-state index in [1.807, 2.05) is 6.92 Å². The molecule has 0 aromatic heterocycles. The number of aryl methyl sites for hydroxylation is 3. The molecule has 1 aromatic carbocycles. The number of carbonyl (C=O) groups is 1. The zero-order valence-electron chi connectivity index (χ0n) is 13.9. The monoisotopic (exact) mass is 288 g/mol. The smallest absolute Gasteiger partial charge is 0.168 e. The van der Waals surface area contributed by atoms with E-state index in [1.54, 1.807) is 0 Å². The number of rotatable bonds is 5. The van der Waals surface area contributed by atoms with Gasteiger partial charge in [0.05, 0.1) is 0 Å². The topological polar surface area (TPSA) is 26.3 Å². The summed E-state index contributed by atoms with van der Waals surface area (Å²) in [5.74, 6) is 0.277. The minimum Gasteiger partial charge on any atom is -0.367 e. The Morgan fingerprint density at radius 1 is 1.10 bits per heavy atom. The van der Waals surface area contributed by atoms with Gasteiger partial charge in [0.2, 0.25) is 0 Å². The number of carbonyl (C=O) groups excluding carboxylic acids is 1. The number of benzene rings is 1. The van der Waals surface area contributed by atoms with E-state index in [9.17, 15) is 4.79 Å². The fourth-order valence-corrected chi connectivity index (χ4v) is 3.71. The molecular formula is C19H28O2. The maximum Gasteiger partial charge on any atom is 0.168 e. The van der Waals surface area contributed by atoms with E-state index in [4.69, 9.17) is 4.74 Å². The highest BCUT2D eigenvalue weighted by Crippen LogP contribution is 2.34. The van der Waals surface area contributed by atoms with E-state index < -0.39 is 5.60 Å². The van der Waals surface area contributed by atoms with Crippen LogP contribution < -0.4 is 0 Å². The van der Waals surface area contributed by atoms with Crippen molar-refractivity contribution in [3.05, 3.63) is 34.4 Å². The molecule has 0 N–H and O–H groups in total. The molecule has 2 nitrogen and oxygen atoms in total. The molecule has 1 aromatic rings. The van der Waals surface area contributed by atoms with Gasteiger partial charge in [0.1, 0.15) is 5.60 Å². The second-order valence-corrected chi connectivity index (χ2v) is 6.47. The van der Waals surface area contributed by atoms with Gasteiger partial charge in [-0.1, -0.05) is 37.0 Å². The lowest BCUT2D eigenvalue weighted by molar-refractivity contribution is -0.148. The fourth-order valence-electron chi connectivity index (χ4n) is 3.71. The van der Waals surface area contributed by atoms with E-state index in [-0.39, 0.29) is 5.78 Å². The predicted molar refractivity (Wildman–Crippen MR) is 86.8 cm³/mol. The molecule has 2 rings (SSSR count). The standard InChI is InChI=1S/C19H28O2/c1-5-21-19(9-7-6-8-10-19)18(20)13-17-15(3)11-14(2)12-16(17)4/h11-12H,5-10,13H2,1-4H3. The molecule has 0 radical (unpaired) electrons. The average Bonchev–Trinajstić information content (AvgIpc) is 2.44. The van der Waals surface area contributed by atoms with Gasteiger partial charge in [-0.3, -0.25) is 4.79 Å². The van der Waals surface area contributed by atoms with Crippen molar-refractivity contribution in [2.24, 2.45) is 0 Å². The van der Waals surface area contributed by atoms with Crippen LogP contribution in [0.4, 0.5) is 0 Å². The summed E-state index contributed by atoms with van der Waals surface area (Å²) in [5, 5.41) is 0. The van der Waals surface area contributed by atoms with Crippen LogP contribution in [0.15, 0.2) is 12.1 Å². The third-order valence-electron chi connectivity index (χ3n) is 4.77. The van der Waals surface area contributed by atoms with Crippen molar-refractivity contribution in [3.8, 4) is 0 Å². The minimum absolute atomic E-state index is 0.277. The first-order valence-electron chi connectivity index (χ1n) is 8.22. The van der Waals surface area contributed by atoms with Gasteiger partial charge in [0.25, 0.3) is 0 Å². The molecule has 0 unspecified atom stereocenters. The highest BCUT2D eigenvalue weighted by atomic mass is 16.5. The molecule has 1 aliphatic rings. The van der Waals surface area contributed by atoms with Crippen molar-refractivity contribution in [2.75, 3.05) is 6.61 Å². The van der Waals surface area contributed by atoms with Crippen molar-refractivity contribution in [2.45, 2.75) is 71.8 Å². The Hall–Kier alpha value is -1.15. The zero-order valence-corrected chi connectivity index (χ0v) is 13.9. The number of ketones is 1. The van der Waals surface area contributed by atoms with Crippen LogP contribution in [0.5, 0.6) is 0 Å². The van der Waals surface area contributed by atoms with E-state index >= 15 is 0 Å². The summed E-state index contributed by atoms with van der Waals surface area (Å²) in [6, 6.07) is 4.34. The lowest BCUT2D eigenvalue weighted by Crippen LogP contribution is -2.44. The van der Waals surface area contributed by atoms with Crippen molar-refractivity contribution < 1.29 is 9.53 Å². The molecule has 0 heterocycles. The molecule has 1 fully saturated rings. The van der Waals surface area contributed by atoms with Crippen LogP contribution in [0, 0.1) is 20.8 Å². The third kappa shape index (κ3) is 3.55. The summed E-state index contributed by atoms with van der Waals surface area (Å²) in [7, 11) is 0. The van der Waals surface area contributed by atoms with E-state index in [0.29, 0.717) is 13.0 Å². The first kappa shape index (κ1) is 16.2. The second kappa shape index (κ2) is 6.74. The molecule has 21 heavy (non-hydrogen) atoms. The van der Waals surface area contributed by atoms with Gasteiger partial charge >= 0.3 is 0 Å². The highest BCUT2D eigenvalue weighted by molar-refractivity contribution is 5.89. The Balaban J connectivity index is 2.23. The Labute approximate surface area is 128 Å². The lowest BCUT2D eigenvalue weighted by Gasteiger charge is -2.36. The average molecular weight is 288 g/mol. The molecule has 116 valence electrons. The van der Waals surface area contributed by atoms with E-state index in [0.717, 1.165) is 25.7 Å². The van der Waals surface area contributed by atoms with Crippen LogP contribution in [0.1, 0.15) is 61.3 Å². The van der Waals surface area contributed by atoms with Crippen LogP contribution in [0.25, 0.3) is 0 Å². The maximum absolute atomic E-state index is 12.9. The van der Waals surface area contributed by atoms with Gasteiger partial charge < -0.3 is 4.74 Å². The minimum atomic E-state index is -0.517. The maximum atomic E-state index is 12.9. The van der Waals surface area contributed by atoms with E-state index in [1.165, 1.54) is 28.7 Å². The second-order valence-electron chi connectivity index (χ2n) is 6.47. The van der Waals surface area contributed by atoms with Gasteiger partial charge in [0, 0.05) is 13.0 Å². The molecule has 0 saturated heterocycles. The van der Waals surface area contributed by atoms with Crippen LogP contribution in [0.2, 0.25) is 0 Å². The van der Waals surface area contributed by atoms with Crippen LogP contribution in [-0.2, 0) is 16.0 Å². The van der Waals surface area contributed by atoms with Crippen LogP contribution in [0.3, 0.4) is 0 Å². The van der Waals surface area contributed by atoms with Crippen molar-refractivity contribution in [3.63, 3.8) is 0 Å². The molecule has 1 aliphatic carbocycles. The molecule has 2 heteroatoms. The molecule has 0 amide bonds. The normalized spacial score (nSPS) is 17.7. The first-order chi connectivity index (χ1) is 9.98. The number of hydrogen-bond acceptors (Lipinski definition) is 2. The SMILES string of the molecule is CCOC1(C(=O)Cc2c(C)cc(C)cc2C)CCCCC1. The summed E-state index contributed by atoms with van der Waals surface area (Å²) in [6.45, 7) is 8.94. The molecule has 0 spiro atoms. The number of ether oxygens (including phenoxy) is 1. The van der Waals surface area contributed by atoms with Crippen molar-refractivity contribution in [1.82, 2.24) is 0 Å². The summed E-state index contributed by atoms with van der Waals surface area (Å²) in [6.07, 6.45) is 5.74. The largest absolute Gasteiger partial charge is 0.367 e. The predicted octanol–water partition coefficient (Wildman–Crippen LogP) is 4.46. The Bertz CT molecular complexity index is 482.